The van der Waals surface area contributed by atoms with E-state index in [4.69, 9.17) is 4.99 Å². The lowest BCUT2D eigenvalue weighted by Gasteiger charge is -2.36. The van der Waals surface area contributed by atoms with Gasteiger partial charge in [-0.15, -0.1) is 0 Å². The van der Waals surface area contributed by atoms with E-state index < -0.39 is 0 Å². The van der Waals surface area contributed by atoms with Gasteiger partial charge < -0.3 is 10.2 Å². The lowest BCUT2D eigenvalue weighted by molar-refractivity contribution is 0.212. The van der Waals surface area contributed by atoms with Gasteiger partial charge in [0, 0.05) is 37.1 Å². The average molecular weight is 452 g/mol. The molecule has 34 heavy (non-hydrogen) atoms. The van der Waals surface area contributed by atoms with Crippen LogP contribution in [-0.4, -0.2) is 23.8 Å². The minimum atomic E-state index is 0.713. The van der Waals surface area contributed by atoms with Gasteiger partial charge in [0.1, 0.15) is 5.84 Å². The van der Waals surface area contributed by atoms with Crippen LogP contribution in [0.25, 0.3) is 12.7 Å². The molecular formula is C31H37N3. The van der Waals surface area contributed by atoms with E-state index in [1.165, 1.54) is 17.6 Å². The maximum Gasteiger partial charge on any atom is 0.108 e. The van der Waals surface area contributed by atoms with E-state index in [1.807, 2.05) is 6.20 Å². The minimum Gasteiger partial charge on any atom is -0.359 e. The fourth-order valence-electron chi connectivity index (χ4n) is 5.06. The van der Waals surface area contributed by atoms with E-state index in [2.05, 4.69) is 105 Å². The number of benzene rings is 1. The number of amidine groups is 1. The number of hydrogen-bond donors (Lipinski definition) is 1. The SMILES string of the molecule is C=C(Nc1ccc(=C)/c(=C\C(=CC)C2=CCC=C2)c1)C1=CCC(N2C[C@H](C)C[C@H](C)C2)=NC=C1. The van der Waals surface area contributed by atoms with Crippen LogP contribution in [0.1, 0.15) is 40.0 Å². The molecule has 176 valence electrons. The molecule has 2 atom stereocenters. The molecule has 2 aliphatic heterocycles. The molecule has 3 heteroatoms. The number of likely N-dealkylation sites (tertiary alicyclic amines) is 1. The van der Waals surface area contributed by atoms with Gasteiger partial charge in [-0.3, -0.25) is 0 Å². The standard InChI is InChI=1S/C31H37N3/c1-6-26(28-9-7-8-10-28)18-29-19-30(13-11-24(29)4)33-25(5)27-12-14-31(32-16-15-27)34-20-22(2)17-23(3)21-34/h6-7,9-13,15-16,18-19,22-23,33H,4-5,8,14,17,20-21H2,1-3H3/b26-6?,29-18-/t22-,23+. The van der Waals surface area contributed by atoms with Crippen LogP contribution in [-0.2, 0) is 0 Å². The summed E-state index contributed by atoms with van der Waals surface area (Å²) in [5.74, 6) is 2.58. The number of piperidine rings is 1. The van der Waals surface area contributed by atoms with Crippen LogP contribution in [0, 0.1) is 11.8 Å². The number of rotatable bonds is 5. The summed E-state index contributed by atoms with van der Waals surface area (Å²) in [7, 11) is 0. The van der Waals surface area contributed by atoms with Crippen LogP contribution < -0.4 is 15.8 Å². The molecular weight excluding hydrogens is 414 g/mol. The van der Waals surface area contributed by atoms with Crippen molar-refractivity contribution in [1.29, 1.82) is 0 Å². The van der Waals surface area contributed by atoms with Crippen LogP contribution in [0.3, 0.4) is 0 Å². The number of allylic oxidation sites excluding steroid dienone is 7. The van der Waals surface area contributed by atoms with E-state index in [0.29, 0.717) is 11.8 Å². The van der Waals surface area contributed by atoms with Crippen LogP contribution in [0.2, 0.25) is 0 Å². The zero-order valence-electron chi connectivity index (χ0n) is 20.8. The summed E-state index contributed by atoms with van der Waals surface area (Å²) in [5.41, 5.74) is 5.45. The summed E-state index contributed by atoms with van der Waals surface area (Å²) in [4.78, 5) is 7.23. The van der Waals surface area contributed by atoms with Crippen molar-refractivity contribution < 1.29 is 0 Å². The zero-order valence-corrected chi connectivity index (χ0v) is 20.8. The van der Waals surface area contributed by atoms with Gasteiger partial charge in [-0.1, -0.05) is 63.5 Å². The molecule has 1 N–H and O–H groups in total. The van der Waals surface area contributed by atoms with Gasteiger partial charge in [-0.25, -0.2) is 4.99 Å². The molecule has 0 aromatic heterocycles. The van der Waals surface area contributed by atoms with Crippen LogP contribution in [0.4, 0.5) is 5.69 Å². The average Bonchev–Trinajstić information content (AvgIpc) is 3.22. The van der Waals surface area contributed by atoms with E-state index in [1.54, 1.807) is 0 Å². The number of anilines is 1. The fourth-order valence-corrected chi connectivity index (χ4v) is 5.06. The first-order valence-electron chi connectivity index (χ1n) is 12.4. The predicted molar refractivity (Wildman–Crippen MR) is 148 cm³/mol. The second-order valence-corrected chi connectivity index (χ2v) is 9.78. The number of nitrogens with zero attached hydrogens (tertiary/aromatic N) is 2. The molecule has 0 spiro atoms. The van der Waals surface area contributed by atoms with Gasteiger partial charge in [0.2, 0.25) is 0 Å². The third-order valence-electron chi connectivity index (χ3n) is 6.73. The van der Waals surface area contributed by atoms with Crippen molar-refractivity contribution in [2.45, 2.75) is 40.0 Å². The quantitative estimate of drug-likeness (QED) is 0.608. The normalized spacial score (nSPS) is 23.4. The third kappa shape index (κ3) is 5.77. The molecule has 2 heterocycles. The molecule has 0 amide bonds. The van der Waals surface area contributed by atoms with Crippen molar-refractivity contribution >= 4 is 24.2 Å². The first-order chi connectivity index (χ1) is 16.4. The van der Waals surface area contributed by atoms with E-state index in [0.717, 1.165) is 59.2 Å². The molecule has 3 aliphatic rings. The Morgan fingerprint density at radius 2 is 1.91 bits per heavy atom. The van der Waals surface area contributed by atoms with Crippen molar-refractivity contribution in [3.8, 4) is 0 Å². The molecule has 1 aromatic carbocycles. The summed E-state index contributed by atoms with van der Waals surface area (Å²) >= 11 is 0. The molecule has 0 radical (unpaired) electrons. The first-order valence-corrected chi connectivity index (χ1v) is 12.4. The Balaban J connectivity index is 1.48. The zero-order chi connectivity index (χ0) is 24.1. The number of hydrogen-bond acceptors (Lipinski definition) is 3. The number of nitrogens with one attached hydrogen (secondary N) is 1. The molecule has 1 saturated heterocycles. The van der Waals surface area contributed by atoms with E-state index >= 15 is 0 Å². The van der Waals surface area contributed by atoms with E-state index in [-0.39, 0.29) is 0 Å². The van der Waals surface area contributed by atoms with Gasteiger partial charge in [0.15, 0.2) is 0 Å². The summed E-state index contributed by atoms with van der Waals surface area (Å²) < 4.78 is 0. The van der Waals surface area contributed by atoms with E-state index in [9.17, 15) is 0 Å². The maximum atomic E-state index is 4.77. The Bertz CT molecular complexity index is 1230. The lowest BCUT2D eigenvalue weighted by Crippen LogP contribution is -2.42. The molecule has 0 saturated carbocycles. The second-order valence-electron chi connectivity index (χ2n) is 9.78. The molecule has 3 nitrogen and oxygen atoms in total. The summed E-state index contributed by atoms with van der Waals surface area (Å²) in [6.45, 7) is 17.5. The highest BCUT2D eigenvalue weighted by atomic mass is 15.2. The lowest BCUT2D eigenvalue weighted by atomic mass is 9.91. The van der Waals surface area contributed by atoms with Gasteiger partial charge in [0.25, 0.3) is 0 Å². The molecule has 1 aliphatic carbocycles. The maximum absolute atomic E-state index is 4.77. The third-order valence-corrected chi connectivity index (χ3v) is 6.73. The van der Waals surface area contributed by atoms with Crippen LogP contribution in [0.5, 0.6) is 0 Å². The van der Waals surface area contributed by atoms with Gasteiger partial charge in [-0.05, 0) is 83.0 Å². The van der Waals surface area contributed by atoms with Gasteiger partial charge >= 0.3 is 0 Å². The predicted octanol–water partition coefficient (Wildman–Crippen LogP) is 5.86. The highest BCUT2D eigenvalue weighted by Crippen LogP contribution is 2.24. The van der Waals surface area contributed by atoms with Crippen molar-refractivity contribution in [3.63, 3.8) is 0 Å². The Hall–Kier alpha value is -3.33. The summed E-state index contributed by atoms with van der Waals surface area (Å²) in [5, 5.41) is 5.62. The largest absolute Gasteiger partial charge is 0.359 e. The second kappa shape index (κ2) is 10.7. The van der Waals surface area contributed by atoms with Crippen molar-refractivity contribution in [2.24, 2.45) is 16.8 Å². The summed E-state index contributed by atoms with van der Waals surface area (Å²) in [6, 6.07) is 6.27. The summed E-state index contributed by atoms with van der Waals surface area (Å²) in [6.07, 6.45) is 20.3. The van der Waals surface area contributed by atoms with Crippen LogP contribution >= 0.6 is 0 Å². The molecule has 0 unspecified atom stereocenters. The Morgan fingerprint density at radius 3 is 2.62 bits per heavy atom. The topological polar surface area (TPSA) is 27.6 Å². The minimum absolute atomic E-state index is 0.713. The highest BCUT2D eigenvalue weighted by Gasteiger charge is 2.24. The van der Waals surface area contributed by atoms with Crippen molar-refractivity contribution in [3.05, 3.63) is 100 Å². The molecule has 1 aromatic rings. The first kappa shape index (κ1) is 23.8. The monoisotopic (exact) mass is 451 g/mol. The Morgan fingerprint density at radius 1 is 1.12 bits per heavy atom. The number of aliphatic imine (C=N–C) groups is 1. The Kier molecular flexibility index (Phi) is 7.52. The van der Waals surface area contributed by atoms with Crippen molar-refractivity contribution in [2.75, 3.05) is 18.4 Å². The van der Waals surface area contributed by atoms with Gasteiger partial charge in [0.05, 0.1) is 0 Å². The Labute approximate surface area is 204 Å². The van der Waals surface area contributed by atoms with Gasteiger partial charge in [-0.2, -0.15) is 0 Å². The fraction of sp³-hybridized carbons (Fsp3) is 0.323. The highest BCUT2D eigenvalue weighted by molar-refractivity contribution is 5.85. The molecule has 4 rings (SSSR count). The smallest absolute Gasteiger partial charge is 0.108 e. The van der Waals surface area contributed by atoms with Crippen LogP contribution in [0.15, 0.2) is 94.8 Å². The van der Waals surface area contributed by atoms with Crippen molar-refractivity contribution in [1.82, 2.24) is 4.90 Å². The molecule has 1 fully saturated rings. The molecule has 0 bridgehead atoms.